The van der Waals surface area contributed by atoms with E-state index in [0.717, 1.165) is 12.1 Å². The number of aliphatic hydroxyl groups excluding tert-OH is 1. The quantitative estimate of drug-likeness (QED) is 0.505. The molecule has 1 aromatic carbocycles. The summed E-state index contributed by atoms with van der Waals surface area (Å²) in [6.45, 7) is 0.436. The van der Waals surface area contributed by atoms with E-state index >= 15 is 0 Å². The number of halogens is 3. The number of nitrogens with zero attached hydrogens (tertiary/aromatic N) is 3. The van der Waals surface area contributed by atoms with E-state index in [2.05, 4.69) is 19.3 Å². The van der Waals surface area contributed by atoms with Crippen LogP contribution in [0.5, 0.6) is 6.01 Å². The second-order valence-electron chi connectivity index (χ2n) is 8.81. The molecule has 5 rings (SSSR count). The SMILES string of the molecule is CS(C)(=O)=Nc1cc(F)c(CCc2nc3nc(O[C@@H]4CO[C@H]5[C@@H]4OC[C@H]5O)[nH]c3cc2Cl)c(F)c1. The largest absolute Gasteiger partial charge is 0.456 e. The van der Waals surface area contributed by atoms with Gasteiger partial charge in [0.1, 0.15) is 29.9 Å². The van der Waals surface area contributed by atoms with E-state index in [4.69, 9.17) is 25.8 Å². The van der Waals surface area contributed by atoms with E-state index in [-0.39, 0.29) is 43.3 Å². The second-order valence-corrected chi connectivity index (χ2v) is 11.8. The van der Waals surface area contributed by atoms with Crippen molar-refractivity contribution < 1.29 is 32.3 Å². The van der Waals surface area contributed by atoms with Gasteiger partial charge in [0.15, 0.2) is 11.8 Å². The summed E-state index contributed by atoms with van der Waals surface area (Å²) in [7, 11) is -2.55. The summed E-state index contributed by atoms with van der Waals surface area (Å²) >= 11 is 6.36. The van der Waals surface area contributed by atoms with Crippen molar-refractivity contribution in [1.29, 1.82) is 0 Å². The molecule has 2 fully saturated rings. The fourth-order valence-corrected chi connectivity index (χ4v) is 5.09. The fraction of sp³-hybridized carbons (Fsp3) is 0.455. The molecule has 2 aliphatic heterocycles. The van der Waals surface area contributed by atoms with Crippen LogP contribution in [0.15, 0.2) is 22.6 Å². The highest BCUT2D eigenvalue weighted by Gasteiger charge is 2.48. The lowest BCUT2D eigenvalue weighted by molar-refractivity contribution is 0.00706. The number of rotatable bonds is 6. The zero-order chi connectivity index (χ0) is 24.9. The Hall–Kier alpha value is -2.38. The summed E-state index contributed by atoms with van der Waals surface area (Å²) in [4.78, 5) is 11.8. The molecule has 2 aliphatic rings. The molecule has 4 heterocycles. The van der Waals surface area contributed by atoms with Gasteiger partial charge in [-0.15, -0.1) is 0 Å². The summed E-state index contributed by atoms with van der Waals surface area (Å²) in [6, 6.07) is 3.94. The van der Waals surface area contributed by atoms with Crippen molar-refractivity contribution in [3.8, 4) is 6.01 Å². The predicted molar refractivity (Wildman–Crippen MR) is 125 cm³/mol. The number of pyridine rings is 1. The van der Waals surface area contributed by atoms with Gasteiger partial charge >= 0.3 is 0 Å². The maximum atomic E-state index is 14.5. The van der Waals surface area contributed by atoms with Crippen molar-refractivity contribution in [3.63, 3.8) is 0 Å². The molecule has 2 aromatic heterocycles. The number of hydrogen-bond acceptors (Lipinski definition) is 8. The van der Waals surface area contributed by atoms with E-state index in [1.54, 1.807) is 6.07 Å². The van der Waals surface area contributed by atoms with E-state index in [1.165, 1.54) is 12.5 Å². The summed E-state index contributed by atoms with van der Waals surface area (Å²) in [5.41, 5.74) is 1.13. The molecule has 3 aromatic rings. The molecule has 13 heteroatoms. The summed E-state index contributed by atoms with van der Waals surface area (Å²) in [5.74, 6) is -1.56. The van der Waals surface area contributed by atoms with Crippen LogP contribution in [0, 0.1) is 11.6 Å². The molecule has 0 bridgehead atoms. The van der Waals surface area contributed by atoms with Gasteiger partial charge in [0.2, 0.25) is 0 Å². The predicted octanol–water partition coefficient (Wildman–Crippen LogP) is 2.94. The third-order valence-corrected chi connectivity index (χ3v) is 6.76. The van der Waals surface area contributed by atoms with Crippen molar-refractivity contribution in [2.24, 2.45) is 4.36 Å². The van der Waals surface area contributed by atoms with Gasteiger partial charge in [0.05, 0.1) is 35.1 Å². The normalized spacial score (nSPS) is 24.2. The van der Waals surface area contributed by atoms with Crippen molar-refractivity contribution in [3.05, 3.63) is 46.1 Å². The van der Waals surface area contributed by atoms with Gasteiger partial charge in [0, 0.05) is 39.9 Å². The van der Waals surface area contributed by atoms with Crippen LogP contribution in [-0.2, 0) is 32.0 Å². The maximum Gasteiger partial charge on any atom is 0.296 e. The number of fused-ring (bicyclic) bond motifs is 2. The number of nitrogens with one attached hydrogen (secondary N) is 1. The molecule has 188 valence electrons. The molecule has 35 heavy (non-hydrogen) atoms. The molecule has 9 nitrogen and oxygen atoms in total. The van der Waals surface area contributed by atoms with Crippen LogP contribution in [0.1, 0.15) is 11.3 Å². The molecular weight excluding hydrogens is 506 g/mol. The Balaban J connectivity index is 1.32. The highest BCUT2D eigenvalue weighted by atomic mass is 35.5. The standard InChI is InChI=1S/C22H23ClF2N4O5S/c1-35(2,31)29-10-5-13(24)11(14(25)6-10)3-4-15-12(23)7-16-21(26-15)28-22(27-16)34-18-9-33-19-17(30)8-32-20(18)19/h5-7,17-20,30H,3-4,8-9H2,1-2H3,(H,26,27,28)/t17-,18-,19-,20-/m1/s1. The molecule has 2 N–H and O–H groups in total. The highest BCUT2D eigenvalue weighted by molar-refractivity contribution is 7.92. The minimum Gasteiger partial charge on any atom is -0.456 e. The Bertz CT molecular complexity index is 1380. The molecule has 0 spiro atoms. The van der Waals surface area contributed by atoms with Gasteiger partial charge in [-0.1, -0.05) is 11.6 Å². The average molecular weight is 529 g/mol. The van der Waals surface area contributed by atoms with Crippen molar-refractivity contribution in [2.45, 2.75) is 37.3 Å². The van der Waals surface area contributed by atoms with Gasteiger partial charge in [-0.05, 0) is 18.9 Å². The van der Waals surface area contributed by atoms with Crippen LogP contribution in [0.2, 0.25) is 5.02 Å². The average Bonchev–Trinajstić information content (AvgIpc) is 3.43. The Morgan fingerprint density at radius 2 is 1.89 bits per heavy atom. The van der Waals surface area contributed by atoms with Crippen molar-refractivity contribution in [2.75, 3.05) is 25.7 Å². The van der Waals surface area contributed by atoms with Crippen LogP contribution in [0.25, 0.3) is 11.2 Å². The minimum atomic E-state index is -2.55. The topological polar surface area (TPSA) is 119 Å². The van der Waals surface area contributed by atoms with Crippen LogP contribution in [-0.4, -0.2) is 74.4 Å². The zero-order valence-electron chi connectivity index (χ0n) is 18.8. The van der Waals surface area contributed by atoms with E-state index in [9.17, 15) is 18.1 Å². The van der Waals surface area contributed by atoms with Crippen LogP contribution >= 0.6 is 11.6 Å². The number of H-pyrrole nitrogens is 1. The van der Waals surface area contributed by atoms with Gasteiger partial charge < -0.3 is 24.3 Å². The lowest BCUT2D eigenvalue weighted by Crippen LogP contribution is -2.34. The third-order valence-electron chi connectivity index (χ3n) is 5.79. The van der Waals surface area contributed by atoms with Gasteiger partial charge in [-0.2, -0.15) is 9.35 Å². The maximum absolute atomic E-state index is 14.5. The first-order valence-electron chi connectivity index (χ1n) is 10.9. The lowest BCUT2D eigenvalue weighted by atomic mass is 10.1. The van der Waals surface area contributed by atoms with Crippen molar-refractivity contribution >= 4 is 38.2 Å². The van der Waals surface area contributed by atoms with Gasteiger partial charge in [-0.3, -0.25) is 0 Å². The van der Waals surface area contributed by atoms with Crippen molar-refractivity contribution in [1.82, 2.24) is 15.0 Å². The van der Waals surface area contributed by atoms with E-state index in [0.29, 0.717) is 21.9 Å². The van der Waals surface area contributed by atoms with E-state index in [1.807, 2.05) is 0 Å². The first-order valence-corrected chi connectivity index (χ1v) is 13.6. The Morgan fingerprint density at radius 3 is 2.60 bits per heavy atom. The molecule has 2 saturated heterocycles. The monoisotopic (exact) mass is 528 g/mol. The highest BCUT2D eigenvalue weighted by Crippen LogP contribution is 2.30. The Labute approximate surface area is 205 Å². The molecule has 0 unspecified atom stereocenters. The van der Waals surface area contributed by atoms with Crippen LogP contribution in [0.3, 0.4) is 0 Å². The number of aromatic nitrogens is 3. The van der Waals surface area contributed by atoms with Gasteiger partial charge in [0.25, 0.3) is 6.01 Å². The smallest absolute Gasteiger partial charge is 0.296 e. The molecule has 0 amide bonds. The van der Waals surface area contributed by atoms with E-state index < -0.39 is 45.8 Å². The third kappa shape index (κ3) is 5.12. The van der Waals surface area contributed by atoms with Crippen LogP contribution < -0.4 is 4.74 Å². The molecular formula is C22H23ClF2N4O5S. The number of ether oxygens (including phenoxy) is 3. The molecule has 0 radical (unpaired) electrons. The summed E-state index contributed by atoms with van der Waals surface area (Å²) in [6.07, 6.45) is 0.977. The Morgan fingerprint density at radius 1 is 1.17 bits per heavy atom. The number of benzene rings is 1. The molecule has 0 saturated carbocycles. The lowest BCUT2D eigenvalue weighted by Gasteiger charge is -2.15. The summed E-state index contributed by atoms with van der Waals surface area (Å²) in [5, 5.41) is 10.2. The number of aliphatic hydroxyl groups is 1. The number of aryl methyl sites for hydroxylation is 1. The molecule has 4 atom stereocenters. The first-order chi connectivity index (χ1) is 16.6. The molecule has 0 aliphatic carbocycles. The zero-order valence-corrected chi connectivity index (χ0v) is 20.4. The Kier molecular flexibility index (Phi) is 6.43. The number of hydrogen-bond donors (Lipinski definition) is 2. The minimum absolute atomic E-state index is 0.000273. The summed E-state index contributed by atoms with van der Waals surface area (Å²) < 4.78 is 61.7. The van der Waals surface area contributed by atoms with Crippen LogP contribution in [0.4, 0.5) is 14.5 Å². The second kappa shape index (κ2) is 9.25. The number of imidazole rings is 1. The first kappa shape index (κ1) is 24.3. The fourth-order valence-electron chi connectivity index (χ4n) is 4.23. The van der Waals surface area contributed by atoms with Gasteiger partial charge in [-0.25, -0.2) is 18.0 Å². The number of aromatic amines is 1.